The van der Waals surface area contributed by atoms with Crippen molar-refractivity contribution in [3.8, 4) is 0 Å². The Kier molecular flexibility index (Phi) is 7.83. The van der Waals surface area contributed by atoms with E-state index < -0.39 is 24.0 Å². The topological polar surface area (TPSA) is 102 Å². The summed E-state index contributed by atoms with van der Waals surface area (Å²) >= 11 is 0. The number of likely N-dealkylation sites (N-methyl/N-ethyl adjacent to an activating group) is 1. The number of anilines is 1. The van der Waals surface area contributed by atoms with Crippen LogP contribution in [0.5, 0.6) is 0 Å². The summed E-state index contributed by atoms with van der Waals surface area (Å²) in [5, 5.41) is 14.3. The van der Waals surface area contributed by atoms with E-state index in [1.807, 2.05) is 24.3 Å². The van der Waals surface area contributed by atoms with Gasteiger partial charge in [-0.1, -0.05) is 30.3 Å². The molecule has 0 spiro atoms. The van der Waals surface area contributed by atoms with Gasteiger partial charge in [0.05, 0.1) is 0 Å². The maximum Gasteiger partial charge on any atom is 0.325 e. The number of carbonyl (C=O) groups excluding carboxylic acids is 2. The summed E-state index contributed by atoms with van der Waals surface area (Å²) in [6, 6.07) is 14.6. The zero-order valence-electron chi connectivity index (χ0n) is 18.5. The first-order valence-corrected chi connectivity index (χ1v) is 10.7. The van der Waals surface area contributed by atoms with E-state index in [4.69, 9.17) is 5.11 Å². The second-order valence-corrected chi connectivity index (χ2v) is 8.12. The van der Waals surface area contributed by atoms with Gasteiger partial charge in [0, 0.05) is 43.9 Å². The molecule has 2 aromatic carbocycles. The van der Waals surface area contributed by atoms with Gasteiger partial charge in [0.15, 0.2) is 0 Å². The van der Waals surface area contributed by atoms with Crippen LogP contribution in [0.15, 0.2) is 54.6 Å². The molecular formula is C24H30N4O4. The molecule has 1 heterocycles. The number of carboxylic acid groups (broad SMARTS) is 1. The summed E-state index contributed by atoms with van der Waals surface area (Å²) < 4.78 is 0. The number of hydrogen-bond donors (Lipinski definition) is 3. The van der Waals surface area contributed by atoms with Crippen molar-refractivity contribution in [2.24, 2.45) is 0 Å². The van der Waals surface area contributed by atoms with Gasteiger partial charge in [0.25, 0.3) is 5.91 Å². The second-order valence-electron chi connectivity index (χ2n) is 8.12. The van der Waals surface area contributed by atoms with E-state index in [9.17, 15) is 14.4 Å². The Labute approximate surface area is 188 Å². The summed E-state index contributed by atoms with van der Waals surface area (Å²) in [5.74, 6) is -2.06. The number of amides is 2. The molecule has 0 bridgehead atoms. The second kappa shape index (κ2) is 10.8. The third-order valence-electron chi connectivity index (χ3n) is 5.63. The molecule has 1 saturated heterocycles. The quantitative estimate of drug-likeness (QED) is 0.575. The molecule has 0 saturated carbocycles. The molecule has 1 aliphatic heterocycles. The van der Waals surface area contributed by atoms with E-state index in [1.54, 1.807) is 30.3 Å². The summed E-state index contributed by atoms with van der Waals surface area (Å²) in [4.78, 5) is 41.2. The largest absolute Gasteiger partial charge is 0.480 e. The maximum absolute atomic E-state index is 12.8. The first kappa shape index (κ1) is 23.3. The number of benzene rings is 2. The van der Waals surface area contributed by atoms with E-state index in [2.05, 4.69) is 27.5 Å². The Hall–Kier alpha value is -3.39. The summed E-state index contributed by atoms with van der Waals surface area (Å²) in [5.41, 5.74) is 2.43. The van der Waals surface area contributed by atoms with Gasteiger partial charge in [0.2, 0.25) is 5.91 Å². The molecule has 0 unspecified atom stereocenters. The molecule has 0 radical (unpaired) electrons. The molecule has 3 N–H and O–H groups in total. The van der Waals surface area contributed by atoms with Gasteiger partial charge in [-0.05, 0) is 43.8 Å². The average Bonchev–Trinajstić information content (AvgIpc) is 2.80. The van der Waals surface area contributed by atoms with Crippen LogP contribution < -0.4 is 15.5 Å². The van der Waals surface area contributed by atoms with Gasteiger partial charge in [-0.3, -0.25) is 14.4 Å². The number of hydrogen-bond acceptors (Lipinski definition) is 5. The number of piperazine rings is 1. The lowest BCUT2D eigenvalue weighted by molar-refractivity contribution is -0.141. The summed E-state index contributed by atoms with van der Waals surface area (Å²) in [7, 11) is 2.11. The first-order valence-electron chi connectivity index (χ1n) is 10.7. The fourth-order valence-electron chi connectivity index (χ4n) is 3.56. The van der Waals surface area contributed by atoms with Gasteiger partial charge >= 0.3 is 5.97 Å². The number of rotatable bonds is 8. The van der Waals surface area contributed by atoms with Crippen LogP contribution in [-0.2, 0) is 16.0 Å². The number of carboxylic acids is 1. The Balaban J connectivity index is 1.71. The van der Waals surface area contributed by atoms with Crippen LogP contribution in [0, 0.1) is 0 Å². The van der Waals surface area contributed by atoms with Crippen LogP contribution in [0.1, 0.15) is 22.8 Å². The smallest absolute Gasteiger partial charge is 0.325 e. The molecule has 8 heteroatoms. The standard InChI is InChI=1S/C24H30N4O4/c1-17(24(31)32)25-23(30)21(26-22(29)19-6-4-3-5-7-19)16-18-8-10-20(11-9-18)28-14-12-27(2)13-15-28/h3-11,17,21H,12-16H2,1-2H3,(H,25,30)(H,26,29)(H,31,32)/t17-,21-/m0/s1. The van der Waals surface area contributed by atoms with Gasteiger partial charge in [-0.2, -0.15) is 0 Å². The lowest BCUT2D eigenvalue weighted by atomic mass is 10.0. The molecule has 1 fully saturated rings. The van der Waals surface area contributed by atoms with Crippen molar-refractivity contribution in [2.45, 2.75) is 25.4 Å². The molecule has 2 aromatic rings. The summed E-state index contributed by atoms with van der Waals surface area (Å²) in [6.07, 6.45) is 0.250. The van der Waals surface area contributed by atoms with Crippen molar-refractivity contribution in [1.29, 1.82) is 0 Å². The molecule has 2 atom stereocenters. The fraction of sp³-hybridized carbons (Fsp3) is 0.375. The number of aliphatic carboxylic acids is 1. The van der Waals surface area contributed by atoms with E-state index in [-0.39, 0.29) is 12.3 Å². The van der Waals surface area contributed by atoms with E-state index in [1.165, 1.54) is 6.92 Å². The molecular weight excluding hydrogens is 408 g/mol. The van der Waals surface area contributed by atoms with Crippen LogP contribution in [0.25, 0.3) is 0 Å². The van der Waals surface area contributed by atoms with Gasteiger partial charge in [-0.15, -0.1) is 0 Å². The molecule has 2 amide bonds. The number of nitrogens with one attached hydrogen (secondary N) is 2. The minimum Gasteiger partial charge on any atom is -0.480 e. The molecule has 3 rings (SSSR count). The van der Waals surface area contributed by atoms with Gasteiger partial charge < -0.3 is 25.5 Å². The number of nitrogens with zero attached hydrogens (tertiary/aromatic N) is 2. The lowest BCUT2D eigenvalue weighted by Gasteiger charge is -2.34. The minimum absolute atomic E-state index is 0.250. The Morgan fingerprint density at radius 2 is 1.56 bits per heavy atom. The fourth-order valence-corrected chi connectivity index (χ4v) is 3.56. The monoisotopic (exact) mass is 438 g/mol. The lowest BCUT2D eigenvalue weighted by Crippen LogP contribution is -2.51. The molecule has 0 aliphatic carbocycles. The Morgan fingerprint density at radius 1 is 0.938 bits per heavy atom. The normalized spacial score (nSPS) is 16.1. The highest BCUT2D eigenvalue weighted by atomic mass is 16.4. The van der Waals surface area contributed by atoms with Crippen LogP contribution in [0.4, 0.5) is 5.69 Å². The third-order valence-corrected chi connectivity index (χ3v) is 5.63. The van der Waals surface area contributed by atoms with Crippen LogP contribution in [-0.4, -0.2) is 73.1 Å². The van der Waals surface area contributed by atoms with Crippen LogP contribution in [0.3, 0.4) is 0 Å². The van der Waals surface area contributed by atoms with E-state index in [0.29, 0.717) is 5.56 Å². The van der Waals surface area contributed by atoms with Crippen molar-refractivity contribution in [3.63, 3.8) is 0 Å². The van der Waals surface area contributed by atoms with Crippen molar-refractivity contribution < 1.29 is 19.5 Å². The first-order chi connectivity index (χ1) is 15.3. The molecule has 32 heavy (non-hydrogen) atoms. The number of carbonyl (C=O) groups is 3. The SMILES string of the molecule is C[C@H](NC(=O)[C@H](Cc1ccc(N2CCN(C)CC2)cc1)NC(=O)c1ccccc1)C(=O)O. The maximum atomic E-state index is 12.8. The molecule has 8 nitrogen and oxygen atoms in total. The van der Waals surface area contributed by atoms with Crippen molar-refractivity contribution in [2.75, 3.05) is 38.1 Å². The van der Waals surface area contributed by atoms with Crippen molar-refractivity contribution in [3.05, 3.63) is 65.7 Å². The third kappa shape index (κ3) is 6.31. The average molecular weight is 439 g/mol. The molecule has 0 aromatic heterocycles. The van der Waals surface area contributed by atoms with Gasteiger partial charge in [0.1, 0.15) is 12.1 Å². The van der Waals surface area contributed by atoms with Crippen molar-refractivity contribution >= 4 is 23.5 Å². The zero-order valence-corrected chi connectivity index (χ0v) is 18.5. The highest BCUT2D eigenvalue weighted by Crippen LogP contribution is 2.18. The van der Waals surface area contributed by atoms with Crippen LogP contribution >= 0.6 is 0 Å². The molecule has 1 aliphatic rings. The highest BCUT2D eigenvalue weighted by molar-refractivity contribution is 5.98. The highest BCUT2D eigenvalue weighted by Gasteiger charge is 2.25. The molecule has 170 valence electrons. The Morgan fingerprint density at radius 3 is 2.16 bits per heavy atom. The van der Waals surface area contributed by atoms with Crippen molar-refractivity contribution in [1.82, 2.24) is 15.5 Å². The Bertz CT molecular complexity index is 925. The van der Waals surface area contributed by atoms with E-state index >= 15 is 0 Å². The summed E-state index contributed by atoms with van der Waals surface area (Å²) in [6.45, 7) is 5.33. The van der Waals surface area contributed by atoms with Gasteiger partial charge in [-0.25, -0.2) is 0 Å². The predicted molar refractivity (Wildman–Crippen MR) is 123 cm³/mol. The zero-order chi connectivity index (χ0) is 23.1. The minimum atomic E-state index is -1.14. The van der Waals surface area contributed by atoms with Crippen LogP contribution in [0.2, 0.25) is 0 Å². The predicted octanol–water partition coefficient (Wildman–Crippen LogP) is 1.37. The van der Waals surface area contributed by atoms with E-state index in [0.717, 1.165) is 37.4 Å².